The van der Waals surface area contributed by atoms with Gasteiger partial charge in [-0.15, -0.1) is 0 Å². The van der Waals surface area contributed by atoms with E-state index in [1.807, 2.05) is 32.9 Å². The third-order valence-corrected chi connectivity index (χ3v) is 5.01. The Hall–Kier alpha value is -0.730. The highest BCUT2D eigenvalue weighted by Crippen LogP contribution is 2.62. The second-order valence-corrected chi connectivity index (χ2v) is 7.68. The number of fused-ring (bicyclic) bond motifs is 2. The van der Waals surface area contributed by atoms with Gasteiger partial charge in [-0.25, -0.2) is 0 Å². The third-order valence-electron chi connectivity index (χ3n) is 4.29. The predicted octanol–water partition coefficient (Wildman–Crippen LogP) is 4.54. The first-order valence-electron chi connectivity index (χ1n) is 6.94. The standard InChI is InChI=1S/C16H18Cl2O2/c1-15(2,3)20-14(19)11-8-16(11)5-4-9-6-12(17)13(18)7-10(9)16/h6-7,11H,4-5,8H2,1-3H3. The molecule has 4 heteroatoms. The average Bonchev–Trinajstić information content (AvgIpc) is 2.94. The molecule has 2 unspecified atom stereocenters. The fourth-order valence-electron chi connectivity index (χ4n) is 3.31. The summed E-state index contributed by atoms with van der Waals surface area (Å²) < 4.78 is 5.52. The van der Waals surface area contributed by atoms with Gasteiger partial charge < -0.3 is 4.74 Å². The van der Waals surface area contributed by atoms with Gasteiger partial charge in [-0.2, -0.15) is 0 Å². The summed E-state index contributed by atoms with van der Waals surface area (Å²) >= 11 is 12.2. The van der Waals surface area contributed by atoms with Crippen molar-refractivity contribution in [2.75, 3.05) is 0 Å². The molecule has 0 N–H and O–H groups in total. The highest BCUT2D eigenvalue weighted by atomic mass is 35.5. The number of ether oxygens (including phenoxy) is 1. The summed E-state index contributed by atoms with van der Waals surface area (Å²) in [6.45, 7) is 5.71. The molecule has 1 fully saturated rings. The Bertz CT molecular complexity index is 589. The molecule has 1 aromatic rings. The summed E-state index contributed by atoms with van der Waals surface area (Å²) in [5, 5.41) is 1.17. The van der Waals surface area contributed by atoms with Crippen LogP contribution < -0.4 is 0 Å². The molecule has 0 amide bonds. The summed E-state index contributed by atoms with van der Waals surface area (Å²) in [5.41, 5.74) is 1.94. The molecule has 0 bridgehead atoms. The first-order valence-corrected chi connectivity index (χ1v) is 7.70. The van der Waals surface area contributed by atoms with Gasteiger partial charge in [-0.05, 0) is 63.3 Å². The molecule has 3 rings (SSSR count). The smallest absolute Gasteiger partial charge is 0.310 e. The largest absolute Gasteiger partial charge is 0.460 e. The number of halogens is 2. The van der Waals surface area contributed by atoms with Crippen LogP contribution in [0.2, 0.25) is 10.0 Å². The van der Waals surface area contributed by atoms with Gasteiger partial charge >= 0.3 is 5.97 Å². The second-order valence-electron chi connectivity index (χ2n) is 6.87. The van der Waals surface area contributed by atoms with Crippen LogP contribution in [0.5, 0.6) is 0 Å². The predicted molar refractivity (Wildman–Crippen MR) is 80.4 cm³/mol. The zero-order valence-electron chi connectivity index (χ0n) is 11.9. The molecule has 0 heterocycles. The van der Waals surface area contributed by atoms with Crippen molar-refractivity contribution in [2.45, 2.75) is 51.0 Å². The molecule has 2 aliphatic carbocycles. The van der Waals surface area contributed by atoms with Gasteiger partial charge in [0.05, 0.1) is 16.0 Å². The number of hydrogen-bond acceptors (Lipinski definition) is 2. The summed E-state index contributed by atoms with van der Waals surface area (Å²) in [6.07, 6.45) is 2.82. The first-order chi connectivity index (χ1) is 9.23. The Kier molecular flexibility index (Phi) is 3.11. The van der Waals surface area contributed by atoms with Crippen LogP contribution in [-0.4, -0.2) is 11.6 Å². The van der Waals surface area contributed by atoms with E-state index in [2.05, 4.69) is 0 Å². The van der Waals surface area contributed by atoms with Gasteiger partial charge in [0.15, 0.2) is 0 Å². The molecule has 2 aliphatic rings. The van der Waals surface area contributed by atoms with Crippen molar-refractivity contribution in [1.82, 2.24) is 0 Å². The molecular weight excluding hydrogens is 295 g/mol. The minimum absolute atomic E-state index is 0.0276. The van der Waals surface area contributed by atoms with Crippen molar-refractivity contribution in [3.8, 4) is 0 Å². The summed E-state index contributed by atoms with van der Waals surface area (Å²) in [5.74, 6) is -0.114. The van der Waals surface area contributed by atoms with E-state index in [9.17, 15) is 4.79 Å². The molecule has 0 aromatic heterocycles. The lowest BCUT2D eigenvalue weighted by molar-refractivity contribution is -0.157. The van der Waals surface area contributed by atoms with Gasteiger partial charge in [-0.1, -0.05) is 23.2 Å². The number of carbonyl (C=O) groups is 1. The molecule has 1 aromatic carbocycles. The molecule has 0 aliphatic heterocycles. The Balaban J connectivity index is 1.86. The van der Waals surface area contributed by atoms with E-state index in [-0.39, 0.29) is 17.3 Å². The van der Waals surface area contributed by atoms with E-state index in [1.54, 1.807) is 0 Å². The van der Waals surface area contributed by atoms with Crippen LogP contribution in [0.15, 0.2) is 12.1 Å². The molecule has 2 nitrogen and oxygen atoms in total. The van der Waals surface area contributed by atoms with E-state index < -0.39 is 5.60 Å². The van der Waals surface area contributed by atoms with Crippen molar-refractivity contribution >= 4 is 29.2 Å². The maximum atomic E-state index is 12.3. The zero-order valence-corrected chi connectivity index (χ0v) is 13.4. The van der Waals surface area contributed by atoms with Crippen molar-refractivity contribution in [2.24, 2.45) is 5.92 Å². The highest BCUT2D eigenvalue weighted by Gasteiger charge is 2.62. The maximum Gasteiger partial charge on any atom is 0.310 e. The molecule has 2 atom stereocenters. The molecular formula is C16H18Cl2O2. The average molecular weight is 313 g/mol. The number of rotatable bonds is 1. The minimum atomic E-state index is -0.431. The van der Waals surface area contributed by atoms with Gasteiger partial charge in [-0.3, -0.25) is 4.79 Å². The summed E-state index contributed by atoms with van der Waals surface area (Å²) in [6, 6.07) is 3.88. The SMILES string of the molecule is CC(C)(C)OC(=O)C1CC12CCc1cc(Cl)c(Cl)cc12. The fraction of sp³-hybridized carbons (Fsp3) is 0.562. The van der Waals surface area contributed by atoms with Crippen molar-refractivity contribution in [3.05, 3.63) is 33.3 Å². The van der Waals surface area contributed by atoms with Crippen LogP contribution in [0.25, 0.3) is 0 Å². The third kappa shape index (κ3) is 2.23. The summed E-state index contributed by atoms with van der Waals surface area (Å²) in [7, 11) is 0. The Morgan fingerprint density at radius 2 is 1.95 bits per heavy atom. The van der Waals surface area contributed by atoms with Gasteiger partial charge in [0.25, 0.3) is 0 Å². The maximum absolute atomic E-state index is 12.3. The normalized spacial score (nSPS) is 27.6. The topological polar surface area (TPSA) is 26.3 Å². The van der Waals surface area contributed by atoms with E-state index >= 15 is 0 Å². The van der Waals surface area contributed by atoms with E-state index in [4.69, 9.17) is 27.9 Å². The number of esters is 1. The van der Waals surface area contributed by atoms with E-state index in [0.717, 1.165) is 19.3 Å². The highest BCUT2D eigenvalue weighted by molar-refractivity contribution is 6.42. The van der Waals surface area contributed by atoms with Crippen LogP contribution in [-0.2, 0) is 21.4 Å². The van der Waals surface area contributed by atoms with Gasteiger partial charge in [0, 0.05) is 5.41 Å². The van der Waals surface area contributed by atoms with Crippen LogP contribution in [0.1, 0.15) is 44.7 Å². The first kappa shape index (κ1) is 14.2. The molecule has 0 radical (unpaired) electrons. The van der Waals surface area contributed by atoms with Crippen LogP contribution >= 0.6 is 23.2 Å². The Morgan fingerprint density at radius 1 is 1.30 bits per heavy atom. The molecule has 20 heavy (non-hydrogen) atoms. The zero-order chi connectivity index (χ0) is 14.7. The minimum Gasteiger partial charge on any atom is -0.460 e. The van der Waals surface area contributed by atoms with Gasteiger partial charge in [0.2, 0.25) is 0 Å². The fourth-order valence-corrected chi connectivity index (χ4v) is 3.66. The molecule has 1 spiro atoms. The Morgan fingerprint density at radius 3 is 2.60 bits per heavy atom. The quantitative estimate of drug-likeness (QED) is 0.712. The number of carbonyl (C=O) groups excluding carboxylic acids is 1. The van der Waals surface area contributed by atoms with Crippen LogP contribution in [0.4, 0.5) is 0 Å². The lowest BCUT2D eigenvalue weighted by Crippen LogP contribution is -2.26. The number of benzene rings is 1. The van der Waals surface area contributed by atoms with Crippen molar-refractivity contribution in [3.63, 3.8) is 0 Å². The molecule has 108 valence electrons. The Labute approximate surface area is 129 Å². The summed E-state index contributed by atoms with van der Waals surface area (Å²) in [4.78, 5) is 12.3. The van der Waals surface area contributed by atoms with Crippen molar-refractivity contribution in [1.29, 1.82) is 0 Å². The van der Waals surface area contributed by atoms with Crippen LogP contribution in [0.3, 0.4) is 0 Å². The van der Waals surface area contributed by atoms with Gasteiger partial charge in [0.1, 0.15) is 5.60 Å². The monoisotopic (exact) mass is 312 g/mol. The second kappa shape index (κ2) is 4.38. The van der Waals surface area contributed by atoms with E-state index in [0.29, 0.717) is 10.0 Å². The number of hydrogen-bond donors (Lipinski definition) is 0. The van der Waals surface area contributed by atoms with Crippen molar-refractivity contribution < 1.29 is 9.53 Å². The van der Waals surface area contributed by atoms with Crippen LogP contribution in [0, 0.1) is 5.92 Å². The molecule has 1 saturated carbocycles. The lowest BCUT2D eigenvalue weighted by Gasteiger charge is -2.20. The number of aryl methyl sites for hydroxylation is 1. The molecule has 0 saturated heterocycles. The van der Waals surface area contributed by atoms with E-state index in [1.165, 1.54) is 11.1 Å². The lowest BCUT2D eigenvalue weighted by atomic mass is 9.95.